The van der Waals surface area contributed by atoms with Crippen molar-refractivity contribution in [1.29, 1.82) is 0 Å². The molecule has 0 aromatic heterocycles. The first-order chi connectivity index (χ1) is 21.0. The minimum absolute atomic E-state index is 0.0496. The lowest BCUT2D eigenvalue weighted by atomic mass is 9.88. The molecule has 1 aliphatic heterocycles. The molecule has 0 saturated carbocycles. The number of methoxy groups -OCH3 is 1. The topological polar surface area (TPSA) is 131 Å². The van der Waals surface area contributed by atoms with Gasteiger partial charge in [0.05, 0.1) is 19.6 Å². The van der Waals surface area contributed by atoms with E-state index in [1.54, 1.807) is 6.92 Å². The molecule has 0 aromatic rings. The van der Waals surface area contributed by atoms with Crippen molar-refractivity contribution >= 4 is 29.7 Å². The fourth-order valence-electron chi connectivity index (χ4n) is 5.31. The van der Waals surface area contributed by atoms with Crippen LogP contribution in [-0.2, 0) is 33.4 Å². The maximum Gasteiger partial charge on any atom is 0.328 e. The zero-order valence-electron chi connectivity index (χ0n) is 27.8. The van der Waals surface area contributed by atoms with Crippen LogP contribution in [0, 0.1) is 11.8 Å². The van der Waals surface area contributed by atoms with E-state index < -0.39 is 47.7 Å². The van der Waals surface area contributed by atoms with E-state index in [9.17, 15) is 24.0 Å². The van der Waals surface area contributed by atoms with Crippen LogP contribution in [0.4, 0.5) is 0 Å². The van der Waals surface area contributed by atoms with Crippen LogP contribution >= 0.6 is 0 Å². The van der Waals surface area contributed by atoms with Crippen LogP contribution in [0.2, 0.25) is 0 Å². The van der Waals surface area contributed by atoms with E-state index in [1.165, 1.54) is 84.1 Å². The highest BCUT2D eigenvalue weighted by atomic mass is 16.5. The van der Waals surface area contributed by atoms with Crippen LogP contribution in [0.15, 0.2) is 24.4 Å². The van der Waals surface area contributed by atoms with Crippen LogP contribution in [0.25, 0.3) is 0 Å². The Morgan fingerprint density at radius 3 is 2.14 bits per heavy atom. The standard InChI is InChI=1S/C34H57N3O7/c1-7-8-9-10-11-12-13-14-15-16-17-18-19-25(2)32-27(4)33(41)35-26(3)20-22-30(39)37(5)24-29(38)36-28(34(42)44-32)21-23-31(40)43-6/h20,22,25,27-28,32H,3,7-19,21,23-24H2,1-2,4-6H3,(H,35,41)(H,36,38)/b22-20+/t25-,27+,28+,32+/m1/s1. The zero-order valence-corrected chi connectivity index (χ0v) is 27.8. The lowest BCUT2D eigenvalue weighted by molar-refractivity contribution is -0.161. The molecule has 10 nitrogen and oxygen atoms in total. The summed E-state index contributed by atoms with van der Waals surface area (Å²) >= 11 is 0. The van der Waals surface area contributed by atoms with E-state index >= 15 is 0 Å². The largest absolute Gasteiger partial charge is 0.469 e. The number of nitrogens with zero attached hydrogens (tertiary/aromatic N) is 1. The smallest absolute Gasteiger partial charge is 0.328 e. The highest BCUT2D eigenvalue weighted by molar-refractivity contribution is 5.93. The molecule has 0 aliphatic carbocycles. The van der Waals surface area contributed by atoms with Crippen molar-refractivity contribution in [2.45, 2.75) is 129 Å². The van der Waals surface area contributed by atoms with Crippen molar-refractivity contribution < 1.29 is 33.4 Å². The van der Waals surface area contributed by atoms with Gasteiger partial charge in [-0.2, -0.15) is 0 Å². The predicted octanol–water partition coefficient (Wildman–Crippen LogP) is 5.36. The number of hydrogen-bond acceptors (Lipinski definition) is 7. The van der Waals surface area contributed by atoms with E-state index in [4.69, 9.17) is 9.47 Å². The number of amides is 3. The quantitative estimate of drug-likeness (QED) is 0.166. The van der Waals surface area contributed by atoms with Gasteiger partial charge in [-0.1, -0.05) is 104 Å². The lowest BCUT2D eigenvalue weighted by Gasteiger charge is -2.30. The fourth-order valence-corrected chi connectivity index (χ4v) is 5.31. The summed E-state index contributed by atoms with van der Waals surface area (Å²) in [4.78, 5) is 64.8. The van der Waals surface area contributed by atoms with Crippen LogP contribution in [0.3, 0.4) is 0 Å². The summed E-state index contributed by atoms with van der Waals surface area (Å²) in [6.45, 7) is 9.36. The van der Waals surface area contributed by atoms with Gasteiger partial charge in [0.1, 0.15) is 12.1 Å². The van der Waals surface area contributed by atoms with Crippen LogP contribution in [-0.4, -0.2) is 67.4 Å². The SMILES string of the molecule is C=C1/C=C/C(=O)N(C)CC(=O)N[C@@H](CCC(=O)OC)C(=O)O[C@@H]([C@H](C)CCCCCCCCCCCCCC)[C@H](C)C(=O)N1. The van der Waals surface area contributed by atoms with Gasteiger partial charge in [0.25, 0.3) is 0 Å². The summed E-state index contributed by atoms with van der Waals surface area (Å²) in [5.41, 5.74) is 0.206. The summed E-state index contributed by atoms with van der Waals surface area (Å²) in [5.74, 6) is -3.63. The van der Waals surface area contributed by atoms with Gasteiger partial charge < -0.3 is 25.0 Å². The number of unbranched alkanes of at least 4 members (excludes halogenated alkanes) is 11. The van der Waals surface area contributed by atoms with E-state index in [-0.39, 0.29) is 31.0 Å². The van der Waals surface area contributed by atoms with Gasteiger partial charge >= 0.3 is 11.9 Å². The van der Waals surface area contributed by atoms with E-state index in [1.807, 2.05) is 6.92 Å². The summed E-state index contributed by atoms with van der Waals surface area (Å²) in [6.07, 6.45) is 17.2. The van der Waals surface area contributed by atoms with Gasteiger partial charge in [0, 0.05) is 25.2 Å². The molecule has 44 heavy (non-hydrogen) atoms. The number of hydrogen-bond donors (Lipinski definition) is 2. The molecular formula is C34H57N3O7. The predicted molar refractivity (Wildman–Crippen MR) is 171 cm³/mol. The maximum atomic E-state index is 13.4. The fraction of sp³-hybridized carbons (Fsp3) is 0.735. The van der Waals surface area contributed by atoms with E-state index in [0.717, 1.165) is 30.6 Å². The molecule has 10 heteroatoms. The maximum absolute atomic E-state index is 13.4. The molecule has 4 atom stereocenters. The molecule has 0 aromatic carbocycles. The van der Waals surface area contributed by atoms with Gasteiger partial charge in [-0.25, -0.2) is 4.79 Å². The van der Waals surface area contributed by atoms with Crippen molar-refractivity contribution in [3.05, 3.63) is 24.4 Å². The molecule has 0 radical (unpaired) electrons. The number of allylic oxidation sites excluding steroid dienone is 1. The molecule has 1 aliphatic rings. The molecule has 1 heterocycles. The monoisotopic (exact) mass is 619 g/mol. The minimum Gasteiger partial charge on any atom is -0.469 e. The average Bonchev–Trinajstić information content (AvgIpc) is 2.99. The Hall–Kier alpha value is -3.17. The molecule has 2 N–H and O–H groups in total. The van der Waals surface area contributed by atoms with E-state index in [2.05, 4.69) is 24.1 Å². The first-order valence-corrected chi connectivity index (χ1v) is 16.5. The molecule has 0 bridgehead atoms. The number of carbonyl (C=O) groups is 5. The Morgan fingerprint density at radius 2 is 1.57 bits per heavy atom. The summed E-state index contributed by atoms with van der Waals surface area (Å²) in [6, 6.07) is -1.16. The highest BCUT2D eigenvalue weighted by Crippen LogP contribution is 2.25. The summed E-state index contributed by atoms with van der Waals surface area (Å²) < 4.78 is 10.6. The molecule has 250 valence electrons. The van der Waals surface area contributed by atoms with Gasteiger partial charge in [0.15, 0.2) is 0 Å². The number of likely N-dealkylation sites (N-methyl/N-ethyl adjacent to an activating group) is 1. The Balaban J connectivity index is 2.89. The van der Waals surface area contributed by atoms with Gasteiger partial charge in [-0.15, -0.1) is 0 Å². The molecular weight excluding hydrogens is 562 g/mol. The number of carbonyl (C=O) groups excluding carboxylic acids is 5. The number of cyclic esters (lactones) is 1. The van der Waals surface area contributed by atoms with Gasteiger partial charge in [-0.05, 0) is 24.8 Å². The Bertz CT molecular complexity index is 965. The van der Waals surface area contributed by atoms with Gasteiger partial charge in [-0.3, -0.25) is 19.2 Å². The van der Waals surface area contributed by atoms with E-state index in [0.29, 0.717) is 0 Å². The summed E-state index contributed by atoms with van der Waals surface area (Å²) in [7, 11) is 2.67. The lowest BCUT2D eigenvalue weighted by Crippen LogP contribution is -2.49. The number of nitrogens with one attached hydrogen (secondary N) is 2. The first-order valence-electron chi connectivity index (χ1n) is 16.5. The van der Waals surface area contributed by atoms with Crippen LogP contribution < -0.4 is 10.6 Å². The number of ether oxygens (including phenoxy) is 2. The Labute approximate surface area is 264 Å². The van der Waals surface area contributed by atoms with Crippen molar-refractivity contribution in [2.75, 3.05) is 20.7 Å². The summed E-state index contributed by atoms with van der Waals surface area (Å²) in [5, 5.41) is 5.29. The number of rotatable bonds is 17. The highest BCUT2D eigenvalue weighted by Gasteiger charge is 2.35. The van der Waals surface area contributed by atoms with Crippen molar-refractivity contribution in [3.8, 4) is 0 Å². The number of esters is 2. The Kier molecular flexibility index (Phi) is 19.7. The van der Waals surface area contributed by atoms with Gasteiger partial charge in [0.2, 0.25) is 17.7 Å². The molecule has 0 unspecified atom stereocenters. The second kappa shape index (κ2) is 22.4. The molecule has 3 amide bonds. The van der Waals surface area contributed by atoms with Crippen molar-refractivity contribution in [2.24, 2.45) is 11.8 Å². The first kappa shape index (κ1) is 38.9. The molecule has 0 fully saturated rings. The van der Waals surface area contributed by atoms with Crippen molar-refractivity contribution in [3.63, 3.8) is 0 Å². The third kappa shape index (κ3) is 16.1. The third-order valence-electron chi connectivity index (χ3n) is 8.18. The second-order valence-electron chi connectivity index (χ2n) is 12.1. The van der Waals surface area contributed by atoms with Crippen molar-refractivity contribution in [1.82, 2.24) is 15.5 Å². The normalized spacial score (nSPS) is 21.9. The average molecular weight is 620 g/mol. The van der Waals surface area contributed by atoms with Crippen LogP contribution in [0.5, 0.6) is 0 Å². The minimum atomic E-state index is -1.16. The third-order valence-corrected chi connectivity index (χ3v) is 8.18. The Morgan fingerprint density at radius 1 is 1.00 bits per heavy atom. The zero-order chi connectivity index (χ0) is 32.9. The van der Waals surface area contributed by atoms with Crippen LogP contribution in [0.1, 0.15) is 117 Å². The molecule has 0 spiro atoms. The molecule has 0 saturated heterocycles. The molecule has 1 rings (SSSR count). The second-order valence-corrected chi connectivity index (χ2v) is 12.1.